The van der Waals surface area contributed by atoms with Crippen LogP contribution in [-0.2, 0) is 16.4 Å². The van der Waals surface area contributed by atoms with Gasteiger partial charge >= 0.3 is 0 Å². The zero-order valence-corrected chi connectivity index (χ0v) is 13.8. The molecule has 20 heavy (non-hydrogen) atoms. The van der Waals surface area contributed by atoms with Gasteiger partial charge in [-0.2, -0.15) is 0 Å². The van der Waals surface area contributed by atoms with Crippen molar-refractivity contribution in [3.05, 3.63) is 51.8 Å². The predicted molar refractivity (Wildman–Crippen MR) is 83.3 cm³/mol. The van der Waals surface area contributed by atoms with E-state index in [0.717, 1.165) is 21.4 Å². The molecule has 0 amide bonds. The van der Waals surface area contributed by atoms with Crippen molar-refractivity contribution in [2.45, 2.75) is 25.2 Å². The first-order valence-corrected chi connectivity index (χ1v) is 8.56. The maximum Gasteiger partial charge on any atom is 0.240 e. The molecule has 0 unspecified atom stereocenters. The van der Waals surface area contributed by atoms with Crippen molar-refractivity contribution >= 4 is 26.0 Å². The van der Waals surface area contributed by atoms with Crippen LogP contribution < -0.4 is 4.72 Å². The molecule has 2 rings (SSSR count). The molecule has 0 saturated carbocycles. The van der Waals surface area contributed by atoms with Gasteiger partial charge in [0, 0.05) is 22.4 Å². The summed E-state index contributed by atoms with van der Waals surface area (Å²) in [5.74, 6) is 0. The Morgan fingerprint density at radius 2 is 1.85 bits per heavy atom. The molecular formula is C14H17BrN2O2S. The standard InChI is InChI=1S/C14H17BrN2O2S/c1-10-9-12(11(2)17-10)7-8-16-20(18,19)14-5-3-13(15)4-6-14/h3-6,9,16-17H,7-8H2,1-2H3. The topological polar surface area (TPSA) is 62.0 Å². The number of rotatable bonds is 5. The van der Waals surface area contributed by atoms with Gasteiger partial charge in [0.15, 0.2) is 0 Å². The molecule has 0 radical (unpaired) electrons. The van der Waals surface area contributed by atoms with Crippen molar-refractivity contribution in [1.29, 1.82) is 0 Å². The molecule has 0 aliphatic rings. The third-order valence-corrected chi connectivity index (χ3v) is 5.07. The van der Waals surface area contributed by atoms with E-state index in [9.17, 15) is 8.42 Å². The van der Waals surface area contributed by atoms with E-state index in [1.54, 1.807) is 24.3 Å². The van der Waals surface area contributed by atoms with Crippen LogP contribution in [0.3, 0.4) is 0 Å². The molecule has 4 nitrogen and oxygen atoms in total. The number of aromatic amines is 1. The van der Waals surface area contributed by atoms with Crippen LogP contribution in [-0.4, -0.2) is 19.9 Å². The Morgan fingerprint density at radius 3 is 2.40 bits per heavy atom. The second kappa shape index (κ2) is 6.11. The minimum Gasteiger partial charge on any atom is -0.362 e. The van der Waals surface area contributed by atoms with Crippen LogP contribution in [0.15, 0.2) is 39.7 Å². The SMILES string of the molecule is Cc1cc(CCNS(=O)(=O)c2ccc(Br)cc2)c(C)[nH]1. The van der Waals surface area contributed by atoms with Crippen LogP contribution >= 0.6 is 15.9 Å². The van der Waals surface area contributed by atoms with Gasteiger partial charge in [0.2, 0.25) is 10.0 Å². The van der Waals surface area contributed by atoms with Crippen LogP contribution in [0.4, 0.5) is 0 Å². The maximum atomic E-state index is 12.1. The molecule has 0 fully saturated rings. The summed E-state index contributed by atoms with van der Waals surface area (Å²) >= 11 is 3.29. The molecule has 0 aliphatic heterocycles. The lowest BCUT2D eigenvalue weighted by Gasteiger charge is -2.06. The zero-order valence-electron chi connectivity index (χ0n) is 11.4. The Hall–Kier alpha value is -1.11. The quantitative estimate of drug-likeness (QED) is 0.864. The van der Waals surface area contributed by atoms with E-state index < -0.39 is 10.0 Å². The summed E-state index contributed by atoms with van der Waals surface area (Å²) in [6, 6.07) is 8.64. The lowest BCUT2D eigenvalue weighted by molar-refractivity contribution is 0.581. The number of hydrogen-bond donors (Lipinski definition) is 2. The normalized spacial score (nSPS) is 11.8. The molecule has 108 valence electrons. The highest BCUT2D eigenvalue weighted by molar-refractivity contribution is 9.10. The van der Waals surface area contributed by atoms with Gasteiger partial charge in [0.1, 0.15) is 0 Å². The second-order valence-corrected chi connectivity index (χ2v) is 7.39. The van der Waals surface area contributed by atoms with Gasteiger partial charge < -0.3 is 4.98 Å². The van der Waals surface area contributed by atoms with E-state index in [2.05, 4.69) is 25.6 Å². The Labute approximate surface area is 127 Å². The van der Waals surface area contributed by atoms with Crippen molar-refractivity contribution in [2.24, 2.45) is 0 Å². The van der Waals surface area contributed by atoms with Gasteiger partial charge in [-0.3, -0.25) is 0 Å². The van der Waals surface area contributed by atoms with Crippen LogP contribution in [0.5, 0.6) is 0 Å². The van der Waals surface area contributed by atoms with E-state index in [1.807, 2.05) is 19.9 Å². The number of nitrogens with one attached hydrogen (secondary N) is 2. The van der Waals surface area contributed by atoms with E-state index in [1.165, 1.54) is 0 Å². The molecule has 0 aliphatic carbocycles. The average Bonchev–Trinajstić information content (AvgIpc) is 2.68. The summed E-state index contributed by atoms with van der Waals surface area (Å²) in [6.45, 7) is 4.37. The summed E-state index contributed by atoms with van der Waals surface area (Å²) < 4.78 is 27.7. The Balaban J connectivity index is 1.99. The van der Waals surface area contributed by atoms with Crippen molar-refractivity contribution < 1.29 is 8.42 Å². The highest BCUT2D eigenvalue weighted by Gasteiger charge is 2.13. The van der Waals surface area contributed by atoms with E-state index in [0.29, 0.717) is 13.0 Å². The molecule has 2 N–H and O–H groups in total. The molecule has 0 spiro atoms. The van der Waals surface area contributed by atoms with Gasteiger partial charge in [0.25, 0.3) is 0 Å². The molecule has 2 aromatic rings. The average molecular weight is 357 g/mol. The number of halogens is 1. The number of aryl methyl sites for hydroxylation is 2. The molecule has 0 bridgehead atoms. The van der Waals surface area contributed by atoms with E-state index >= 15 is 0 Å². The molecule has 1 heterocycles. The number of sulfonamides is 1. The third-order valence-electron chi connectivity index (χ3n) is 3.07. The predicted octanol–water partition coefficient (Wildman–Crippen LogP) is 2.92. The third kappa shape index (κ3) is 3.71. The first-order valence-electron chi connectivity index (χ1n) is 6.29. The van der Waals surface area contributed by atoms with E-state index in [4.69, 9.17) is 0 Å². The van der Waals surface area contributed by atoms with Crippen molar-refractivity contribution in [3.8, 4) is 0 Å². The molecule has 0 saturated heterocycles. The maximum absolute atomic E-state index is 12.1. The molecule has 1 aromatic heterocycles. The zero-order chi connectivity index (χ0) is 14.8. The summed E-state index contributed by atoms with van der Waals surface area (Å²) in [5, 5.41) is 0. The minimum absolute atomic E-state index is 0.280. The van der Waals surface area contributed by atoms with Crippen molar-refractivity contribution in [1.82, 2.24) is 9.71 Å². The number of hydrogen-bond acceptors (Lipinski definition) is 2. The Bertz CT molecular complexity index is 690. The van der Waals surface area contributed by atoms with Gasteiger partial charge in [-0.25, -0.2) is 13.1 Å². The molecular weight excluding hydrogens is 340 g/mol. The van der Waals surface area contributed by atoms with Crippen molar-refractivity contribution in [2.75, 3.05) is 6.54 Å². The Kier molecular flexibility index (Phi) is 4.67. The van der Waals surface area contributed by atoms with Crippen LogP contribution in [0.2, 0.25) is 0 Å². The fraction of sp³-hybridized carbons (Fsp3) is 0.286. The van der Waals surface area contributed by atoms with Gasteiger partial charge in [-0.15, -0.1) is 0 Å². The monoisotopic (exact) mass is 356 g/mol. The fourth-order valence-corrected chi connectivity index (χ4v) is 3.35. The first kappa shape index (κ1) is 15.3. The van der Waals surface area contributed by atoms with Gasteiger partial charge in [-0.1, -0.05) is 15.9 Å². The van der Waals surface area contributed by atoms with Crippen LogP contribution in [0.25, 0.3) is 0 Å². The number of benzene rings is 1. The number of H-pyrrole nitrogens is 1. The van der Waals surface area contributed by atoms with Gasteiger partial charge in [-0.05, 0) is 56.2 Å². The summed E-state index contributed by atoms with van der Waals surface area (Å²) in [6.07, 6.45) is 0.673. The van der Waals surface area contributed by atoms with E-state index in [-0.39, 0.29) is 4.90 Å². The number of aromatic nitrogens is 1. The molecule has 0 atom stereocenters. The first-order chi connectivity index (χ1) is 9.38. The van der Waals surface area contributed by atoms with Crippen LogP contribution in [0, 0.1) is 13.8 Å². The summed E-state index contributed by atoms with van der Waals surface area (Å²) in [7, 11) is -3.43. The minimum atomic E-state index is -3.43. The lowest BCUT2D eigenvalue weighted by atomic mass is 10.2. The van der Waals surface area contributed by atoms with Crippen molar-refractivity contribution in [3.63, 3.8) is 0 Å². The molecule has 1 aromatic carbocycles. The summed E-state index contributed by atoms with van der Waals surface area (Å²) in [4.78, 5) is 3.49. The highest BCUT2D eigenvalue weighted by atomic mass is 79.9. The lowest BCUT2D eigenvalue weighted by Crippen LogP contribution is -2.26. The summed E-state index contributed by atoms with van der Waals surface area (Å²) in [5.41, 5.74) is 3.32. The largest absolute Gasteiger partial charge is 0.362 e. The Morgan fingerprint density at radius 1 is 1.20 bits per heavy atom. The highest BCUT2D eigenvalue weighted by Crippen LogP contribution is 2.15. The second-order valence-electron chi connectivity index (χ2n) is 4.70. The van der Waals surface area contributed by atoms with Gasteiger partial charge in [0.05, 0.1) is 4.90 Å². The smallest absolute Gasteiger partial charge is 0.240 e. The molecule has 6 heteroatoms. The fourth-order valence-electron chi connectivity index (χ4n) is 2.06. The van der Waals surface area contributed by atoms with Crippen LogP contribution in [0.1, 0.15) is 17.0 Å².